The van der Waals surface area contributed by atoms with Gasteiger partial charge in [-0.3, -0.25) is 4.79 Å². The number of rotatable bonds is 7. The van der Waals surface area contributed by atoms with Crippen molar-refractivity contribution in [2.24, 2.45) is 0 Å². The van der Waals surface area contributed by atoms with Gasteiger partial charge >= 0.3 is 0 Å². The third-order valence-corrected chi connectivity index (χ3v) is 2.89. The SMILES string of the molecule is CCC(CC(=O)NCCNC)c1ccccc1. The molecule has 94 valence electrons. The molecule has 0 radical (unpaired) electrons. The Labute approximate surface area is 104 Å². The maximum atomic E-state index is 11.7. The first-order chi connectivity index (χ1) is 8.27. The fourth-order valence-corrected chi connectivity index (χ4v) is 1.85. The van der Waals surface area contributed by atoms with Crippen LogP contribution in [0.5, 0.6) is 0 Å². The van der Waals surface area contributed by atoms with Crippen molar-refractivity contribution in [2.45, 2.75) is 25.7 Å². The highest BCUT2D eigenvalue weighted by Gasteiger charge is 2.13. The molecular weight excluding hydrogens is 212 g/mol. The van der Waals surface area contributed by atoms with Gasteiger partial charge in [-0.15, -0.1) is 0 Å². The van der Waals surface area contributed by atoms with Crippen molar-refractivity contribution in [3.63, 3.8) is 0 Å². The Balaban J connectivity index is 2.44. The fourth-order valence-electron chi connectivity index (χ4n) is 1.85. The van der Waals surface area contributed by atoms with Crippen molar-refractivity contribution in [1.29, 1.82) is 0 Å². The van der Waals surface area contributed by atoms with E-state index in [1.165, 1.54) is 5.56 Å². The third kappa shape index (κ3) is 5.00. The zero-order valence-electron chi connectivity index (χ0n) is 10.7. The Bertz CT molecular complexity index is 324. The van der Waals surface area contributed by atoms with Crippen molar-refractivity contribution >= 4 is 5.91 Å². The molecule has 2 N–H and O–H groups in total. The number of likely N-dealkylation sites (N-methyl/N-ethyl adjacent to an activating group) is 1. The number of hydrogen-bond acceptors (Lipinski definition) is 2. The molecule has 1 amide bonds. The molecule has 0 aliphatic rings. The average molecular weight is 234 g/mol. The van der Waals surface area contributed by atoms with E-state index in [1.807, 2.05) is 25.2 Å². The van der Waals surface area contributed by atoms with Crippen molar-refractivity contribution in [3.8, 4) is 0 Å². The summed E-state index contributed by atoms with van der Waals surface area (Å²) >= 11 is 0. The molecule has 0 saturated carbocycles. The molecule has 1 aromatic carbocycles. The molecule has 0 bridgehead atoms. The molecule has 0 fully saturated rings. The summed E-state index contributed by atoms with van der Waals surface area (Å²) in [6, 6.07) is 10.2. The standard InChI is InChI=1S/C14H22N2O/c1-3-12(13-7-5-4-6-8-13)11-14(17)16-10-9-15-2/h4-8,12,15H,3,9-11H2,1-2H3,(H,16,17). The topological polar surface area (TPSA) is 41.1 Å². The number of carbonyl (C=O) groups excluding carboxylic acids is 1. The lowest BCUT2D eigenvalue weighted by Gasteiger charge is -2.15. The van der Waals surface area contributed by atoms with Crippen LogP contribution in [0.2, 0.25) is 0 Å². The monoisotopic (exact) mass is 234 g/mol. The summed E-state index contributed by atoms with van der Waals surface area (Å²) in [4.78, 5) is 11.7. The average Bonchev–Trinajstić information content (AvgIpc) is 2.37. The zero-order chi connectivity index (χ0) is 12.5. The molecule has 0 aliphatic heterocycles. The van der Waals surface area contributed by atoms with Gasteiger partial charge in [-0.1, -0.05) is 37.3 Å². The Morgan fingerprint density at radius 3 is 2.53 bits per heavy atom. The van der Waals surface area contributed by atoms with Crippen molar-refractivity contribution in [2.75, 3.05) is 20.1 Å². The van der Waals surface area contributed by atoms with E-state index in [4.69, 9.17) is 0 Å². The normalized spacial score (nSPS) is 12.1. The van der Waals surface area contributed by atoms with Crippen LogP contribution in [0.4, 0.5) is 0 Å². The molecule has 1 atom stereocenters. The summed E-state index contributed by atoms with van der Waals surface area (Å²) < 4.78 is 0. The van der Waals surface area contributed by atoms with E-state index in [2.05, 4.69) is 29.7 Å². The van der Waals surface area contributed by atoms with Gasteiger partial charge in [0, 0.05) is 19.5 Å². The molecule has 3 heteroatoms. The van der Waals surface area contributed by atoms with Crippen LogP contribution in [0.3, 0.4) is 0 Å². The lowest BCUT2D eigenvalue weighted by Crippen LogP contribution is -2.31. The molecule has 1 unspecified atom stereocenters. The molecule has 0 aromatic heterocycles. The maximum Gasteiger partial charge on any atom is 0.220 e. The molecule has 17 heavy (non-hydrogen) atoms. The molecule has 0 spiro atoms. The lowest BCUT2D eigenvalue weighted by molar-refractivity contribution is -0.121. The van der Waals surface area contributed by atoms with Crippen molar-refractivity contribution < 1.29 is 4.79 Å². The second-order valence-electron chi connectivity index (χ2n) is 4.17. The fraction of sp³-hybridized carbons (Fsp3) is 0.500. The van der Waals surface area contributed by atoms with Crippen LogP contribution in [0.15, 0.2) is 30.3 Å². The quantitative estimate of drug-likeness (QED) is 0.708. The van der Waals surface area contributed by atoms with Crippen molar-refractivity contribution in [1.82, 2.24) is 10.6 Å². The number of nitrogens with one attached hydrogen (secondary N) is 2. The second kappa shape index (κ2) is 7.85. The van der Waals surface area contributed by atoms with Gasteiger partial charge in [0.2, 0.25) is 5.91 Å². The molecule has 0 heterocycles. The van der Waals surface area contributed by atoms with Crippen LogP contribution in [0, 0.1) is 0 Å². The Morgan fingerprint density at radius 2 is 1.94 bits per heavy atom. The highest BCUT2D eigenvalue weighted by molar-refractivity contribution is 5.76. The van der Waals surface area contributed by atoms with Gasteiger partial charge in [0.05, 0.1) is 0 Å². The minimum atomic E-state index is 0.135. The van der Waals surface area contributed by atoms with E-state index in [-0.39, 0.29) is 5.91 Å². The summed E-state index contributed by atoms with van der Waals surface area (Å²) in [6.07, 6.45) is 1.56. The zero-order valence-corrected chi connectivity index (χ0v) is 10.7. The summed E-state index contributed by atoms with van der Waals surface area (Å²) in [5.41, 5.74) is 1.25. The number of hydrogen-bond donors (Lipinski definition) is 2. The van der Waals surface area contributed by atoms with Gasteiger partial charge in [-0.25, -0.2) is 0 Å². The van der Waals surface area contributed by atoms with E-state index in [0.717, 1.165) is 13.0 Å². The van der Waals surface area contributed by atoms with Crippen LogP contribution in [-0.4, -0.2) is 26.0 Å². The number of benzene rings is 1. The molecule has 0 aliphatic carbocycles. The molecule has 1 rings (SSSR count). The van der Waals surface area contributed by atoms with Gasteiger partial charge in [0.25, 0.3) is 0 Å². The van der Waals surface area contributed by atoms with Crippen LogP contribution >= 0.6 is 0 Å². The first-order valence-corrected chi connectivity index (χ1v) is 6.24. The van der Waals surface area contributed by atoms with E-state index >= 15 is 0 Å². The summed E-state index contributed by atoms with van der Waals surface area (Å²) in [5.74, 6) is 0.460. The Hall–Kier alpha value is -1.35. The minimum Gasteiger partial charge on any atom is -0.355 e. The van der Waals surface area contributed by atoms with Crippen LogP contribution < -0.4 is 10.6 Å². The van der Waals surface area contributed by atoms with Gasteiger partial charge in [-0.2, -0.15) is 0 Å². The Kier molecular flexibility index (Phi) is 6.33. The third-order valence-electron chi connectivity index (χ3n) is 2.89. The van der Waals surface area contributed by atoms with Gasteiger partial charge in [-0.05, 0) is 24.9 Å². The molecule has 3 nitrogen and oxygen atoms in total. The van der Waals surface area contributed by atoms with Gasteiger partial charge in [0.1, 0.15) is 0 Å². The Morgan fingerprint density at radius 1 is 1.24 bits per heavy atom. The molecule has 0 saturated heterocycles. The van der Waals surface area contributed by atoms with E-state index in [0.29, 0.717) is 18.9 Å². The smallest absolute Gasteiger partial charge is 0.220 e. The highest BCUT2D eigenvalue weighted by atomic mass is 16.1. The summed E-state index contributed by atoms with van der Waals surface area (Å²) in [5, 5.41) is 5.92. The van der Waals surface area contributed by atoms with Gasteiger partial charge < -0.3 is 10.6 Å². The first-order valence-electron chi connectivity index (χ1n) is 6.24. The largest absolute Gasteiger partial charge is 0.355 e. The van der Waals surface area contributed by atoms with Crippen molar-refractivity contribution in [3.05, 3.63) is 35.9 Å². The number of carbonyl (C=O) groups is 1. The molecular formula is C14H22N2O. The van der Waals surface area contributed by atoms with Crippen LogP contribution in [-0.2, 0) is 4.79 Å². The lowest BCUT2D eigenvalue weighted by atomic mass is 9.93. The molecule has 1 aromatic rings. The van der Waals surface area contributed by atoms with E-state index in [1.54, 1.807) is 0 Å². The minimum absolute atomic E-state index is 0.135. The predicted octanol–water partition coefficient (Wildman–Crippen LogP) is 1.91. The van der Waals surface area contributed by atoms with E-state index < -0.39 is 0 Å². The maximum absolute atomic E-state index is 11.7. The second-order valence-corrected chi connectivity index (χ2v) is 4.17. The van der Waals surface area contributed by atoms with Gasteiger partial charge in [0.15, 0.2) is 0 Å². The summed E-state index contributed by atoms with van der Waals surface area (Å²) in [6.45, 7) is 3.63. The highest BCUT2D eigenvalue weighted by Crippen LogP contribution is 2.22. The first kappa shape index (κ1) is 13.7. The predicted molar refractivity (Wildman–Crippen MR) is 71.0 cm³/mol. The van der Waals surface area contributed by atoms with Crippen LogP contribution in [0.1, 0.15) is 31.2 Å². The summed E-state index contributed by atoms with van der Waals surface area (Å²) in [7, 11) is 1.88. The number of amides is 1. The van der Waals surface area contributed by atoms with E-state index in [9.17, 15) is 4.79 Å². The van der Waals surface area contributed by atoms with Crippen LogP contribution in [0.25, 0.3) is 0 Å².